The first-order valence-corrected chi connectivity index (χ1v) is 3.24. The van der Waals surface area contributed by atoms with E-state index in [0.29, 0.717) is 26.3 Å². The van der Waals surface area contributed by atoms with Crippen LogP contribution in [0.25, 0.3) is 0 Å². The second-order valence-electron chi connectivity index (χ2n) is 2.08. The number of hydrogen-bond donors (Lipinski definition) is 0. The van der Waals surface area contributed by atoms with Crippen molar-refractivity contribution >= 4 is 5.91 Å². The molecule has 1 amide bonds. The molecule has 1 aliphatic heterocycles. The Morgan fingerprint density at radius 3 is 2.45 bits per heavy atom. The van der Waals surface area contributed by atoms with E-state index in [-0.39, 0.29) is 64.1 Å². The van der Waals surface area contributed by atoms with E-state index in [0.717, 1.165) is 0 Å². The Labute approximate surface area is 116 Å². The summed E-state index contributed by atoms with van der Waals surface area (Å²) in [6.45, 7) is 5.88. The van der Waals surface area contributed by atoms with Crippen LogP contribution in [-0.2, 0) is 9.53 Å². The van der Waals surface area contributed by atoms with Crippen molar-refractivity contribution in [1.29, 1.82) is 0 Å². The van der Waals surface area contributed by atoms with Gasteiger partial charge in [0.05, 0.1) is 19.1 Å². The summed E-state index contributed by atoms with van der Waals surface area (Å²) in [5, 5.41) is 0. The number of amides is 1. The van der Waals surface area contributed by atoms with Gasteiger partial charge in [0, 0.05) is 13.1 Å². The quantitative estimate of drug-likeness (QED) is 0.348. The van der Waals surface area contributed by atoms with Crippen LogP contribution in [0, 0.1) is 6.08 Å². The Hall–Kier alpha value is 0.975. The minimum Gasteiger partial charge on any atom is -0.412 e. The molecule has 1 aliphatic rings. The van der Waals surface area contributed by atoms with E-state index in [4.69, 9.17) is 4.74 Å². The molecule has 0 saturated carbocycles. The van der Waals surface area contributed by atoms with E-state index in [1.807, 2.05) is 0 Å². The van der Waals surface area contributed by atoms with E-state index < -0.39 is 0 Å². The Morgan fingerprint density at radius 2 is 2.00 bits per heavy atom. The SMILES string of the molecule is C=[C-]C(=O)N1CCOCC1.[Rb+]. The van der Waals surface area contributed by atoms with Gasteiger partial charge in [0.15, 0.2) is 0 Å². The third kappa shape index (κ3) is 3.94. The molecule has 0 aromatic carbocycles. The van der Waals surface area contributed by atoms with Gasteiger partial charge in [-0.15, -0.1) is 0 Å². The molecular weight excluding hydrogens is 216 g/mol. The summed E-state index contributed by atoms with van der Waals surface area (Å²) in [6.07, 6.45) is 2.32. The van der Waals surface area contributed by atoms with Gasteiger partial charge in [-0.25, -0.2) is 0 Å². The summed E-state index contributed by atoms with van der Waals surface area (Å²) >= 11 is 0. The Balaban J connectivity index is 0.000001000. The molecule has 1 rings (SSSR count). The molecule has 0 N–H and O–H groups in total. The molecule has 1 saturated heterocycles. The third-order valence-electron chi connectivity index (χ3n) is 1.45. The minimum atomic E-state index is -0.122. The maximum absolute atomic E-state index is 10.9. The van der Waals surface area contributed by atoms with Gasteiger partial charge < -0.3 is 20.5 Å². The zero-order valence-electron chi connectivity index (χ0n) is 6.80. The Morgan fingerprint density at radius 1 is 1.45 bits per heavy atom. The predicted molar refractivity (Wildman–Crippen MR) is 36.3 cm³/mol. The van der Waals surface area contributed by atoms with Crippen LogP contribution in [-0.4, -0.2) is 37.1 Å². The van der Waals surface area contributed by atoms with Crippen molar-refractivity contribution in [1.82, 2.24) is 4.90 Å². The van der Waals surface area contributed by atoms with Crippen molar-refractivity contribution in [2.24, 2.45) is 0 Å². The van der Waals surface area contributed by atoms with Crippen LogP contribution in [0.4, 0.5) is 0 Å². The Kier molecular flexibility index (Phi) is 7.06. The molecule has 0 spiro atoms. The van der Waals surface area contributed by atoms with Gasteiger partial charge in [-0.2, -0.15) is 0 Å². The van der Waals surface area contributed by atoms with E-state index in [1.165, 1.54) is 0 Å². The van der Waals surface area contributed by atoms with Gasteiger partial charge in [-0.3, -0.25) is 6.58 Å². The van der Waals surface area contributed by atoms with Gasteiger partial charge in [-0.1, -0.05) is 0 Å². The van der Waals surface area contributed by atoms with Crippen LogP contribution in [0.2, 0.25) is 0 Å². The number of hydrogen-bond acceptors (Lipinski definition) is 2. The normalized spacial score (nSPS) is 16.9. The molecule has 0 aliphatic carbocycles. The number of carbonyl (C=O) groups is 1. The third-order valence-corrected chi connectivity index (χ3v) is 1.45. The van der Waals surface area contributed by atoms with Crippen LogP contribution in [0.5, 0.6) is 0 Å². The van der Waals surface area contributed by atoms with Gasteiger partial charge in [0.2, 0.25) is 0 Å². The van der Waals surface area contributed by atoms with E-state index in [1.54, 1.807) is 4.90 Å². The van der Waals surface area contributed by atoms with Gasteiger partial charge in [0.25, 0.3) is 0 Å². The summed E-state index contributed by atoms with van der Waals surface area (Å²) in [5.41, 5.74) is 0. The number of rotatable bonds is 1. The van der Waals surface area contributed by atoms with Crippen molar-refractivity contribution in [3.63, 3.8) is 0 Å². The first-order valence-electron chi connectivity index (χ1n) is 3.24. The molecule has 3 nitrogen and oxygen atoms in total. The van der Waals surface area contributed by atoms with Gasteiger partial charge in [0.1, 0.15) is 0 Å². The zero-order chi connectivity index (χ0) is 7.40. The van der Waals surface area contributed by atoms with E-state index in [9.17, 15) is 4.79 Å². The van der Waals surface area contributed by atoms with Crippen molar-refractivity contribution in [3.05, 3.63) is 12.7 Å². The second-order valence-corrected chi connectivity index (χ2v) is 2.08. The number of nitrogens with zero attached hydrogens (tertiary/aromatic N) is 1. The predicted octanol–water partition coefficient (Wildman–Crippen LogP) is -3.16. The molecule has 0 radical (unpaired) electrons. The fourth-order valence-electron chi connectivity index (χ4n) is 0.878. The van der Waals surface area contributed by atoms with Gasteiger partial charge >= 0.3 is 58.2 Å². The van der Waals surface area contributed by atoms with E-state index >= 15 is 0 Å². The van der Waals surface area contributed by atoms with Crippen LogP contribution < -0.4 is 58.2 Å². The summed E-state index contributed by atoms with van der Waals surface area (Å²) in [4.78, 5) is 12.5. The second kappa shape index (κ2) is 6.49. The van der Waals surface area contributed by atoms with Crippen molar-refractivity contribution in [3.8, 4) is 0 Å². The first kappa shape index (κ1) is 12.0. The largest absolute Gasteiger partial charge is 1.00 e. The topological polar surface area (TPSA) is 29.5 Å². The molecule has 0 aromatic heterocycles. The average molecular weight is 226 g/mol. The maximum Gasteiger partial charge on any atom is 1.00 e. The summed E-state index contributed by atoms with van der Waals surface area (Å²) < 4.78 is 5.05. The van der Waals surface area contributed by atoms with Crippen LogP contribution in [0.15, 0.2) is 6.58 Å². The van der Waals surface area contributed by atoms with Crippen molar-refractivity contribution in [2.75, 3.05) is 26.3 Å². The molecule has 4 heteroatoms. The molecule has 1 fully saturated rings. The van der Waals surface area contributed by atoms with Crippen molar-refractivity contribution < 1.29 is 67.7 Å². The molecule has 56 valence electrons. The average Bonchev–Trinajstić information content (AvgIpc) is 2.05. The smallest absolute Gasteiger partial charge is 0.412 e. The Bertz CT molecular complexity index is 143. The van der Waals surface area contributed by atoms with Crippen molar-refractivity contribution in [2.45, 2.75) is 0 Å². The van der Waals surface area contributed by atoms with E-state index in [2.05, 4.69) is 12.7 Å². The fraction of sp³-hybridized carbons (Fsp3) is 0.571. The minimum absolute atomic E-state index is 0. The summed E-state index contributed by atoms with van der Waals surface area (Å²) in [7, 11) is 0. The molecule has 0 aromatic rings. The molecule has 0 bridgehead atoms. The number of ether oxygens (including phenoxy) is 1. The standard InChI is InChI=1S/C7H10NO2.Rb/c1-2-7(9)8-3-5-10-6-4-8;/h1,3-6H2;/q-1;+1. The number of carbonyl (C=O) groups excluding carboxylic acids is 1. The molecular formula is C7H10NO2Rb. The maximum atomic E-state index is 10.9. The molecule has 0 unspecified atom stereocenters. The molecule has 1 heterocycles. The van der Waals surface area contributed by atoms with Crippen LogP contribution >= 0.6 is 0 Å². The van der Waals surface area contributed by atoms with Crippen LogP contribution in [0.3, 0.4) is 0 Å². The summed E-state index contributed by atoms with van der Waals surface area (Å²) in [6, 6.07) is 0. The number of morpholine rings is 1. The molecule has 0 atom stereocenters. The summed E-state index contributed by atoms with van der Waals surface area (Å²) in [5.74, 6) is -0.122. The monoisotopic (exact) mass is 225 g/mol. The fourth-order valence-corrected chi connectivity index (χ4v) is 0.878. The van der Waals surface area contributed by atoms with Crippen LogP contribution in [0.1, 0.15) is 0 Å². The molecule has 11 heavy (non-hydrogen) atoms. The van der Waals surface area contributed by atoms with Gasteiger partial charge in [-0.05, 0) is 0 Å². The first-order chi connectivity index (χ1) is 4.84. The zero-order valence-corrected chi connectivity index (χ0v) is 11.7.